The Bertz CT molecular complexity index is 691. The summed E-state index contributed by atoms with van der Waals surface area (Å²) >= 11 is 4.94. The molecule has 1 aromatic heterocycles. The zero-order chi connectivity index (χ0) is 14.1. The van der Waals surface area contributed by atoms with E-state index in [1.807, 2.05) is 11.0 Å². The van der Waals surface area contributed by atoms with Gasteiger partial charge in [0.2, 0.25) is 0 Å². The molecule has 5 nitrogen and oxygen atoms in total. The van der Waals surface area contributed by atoms with Crippen molar-refractivity contribution in [3.63, 3.8) is 0 Å². The summed E-state index contributed by atoms with van der Waals surface area (Å²) < 4.78 is 10.7. The van der Waals surface area contributed by atoms with Gasteiger partial charge in [-0.1, -0.05) is 0 Å². The average Bonchev–Trinajstić information content (AvgIpc) is 2.85. The molecule has 2 heterocycles. The first-order valence-corrected chi connectivity index (χ1v) is 7.03. The lowest BCUT2D eigenvalue weighted by Crippen LogP contribution is -2.42. The van der Waals surface area contributed by atoms with Gasteiger partial charge in [-0.05, 0) is 43.3 Å². The quantitative estimate of drug-likeness (QED) is 0.865. The van der Waals surface area contributed by atoms with E-state index in [-0.39, 0.29) is 12.0 Å². The third-order valence-corrected chi connectivity index (χ3v) is 3.85. The van der Waals surface area contributed by atoms with Gasteiger partial charge in [-0.3, -0.25) is 4.79 Å². The first-order valence-electron chi connectivity index (χ1n) is 6.62. The molecule has 1 amide bonds. The van der Waals surface area contributed by atoms with Gasteiger partial charge in [0.25, 0.3) is 10.7 Å². The van der Waals surface area contributed by atoms with Gasteiger partial charge in [0.15, 0.2) is 5.58 Å². The van der Waals surface area contributed by atoms with E-state index in [4.69, 9.17) is 21.4 Å². The van der Waals surface area contributed by atoms with Crippen LogP contribution in [0.5, 0.6) is 0 Å². The second kappa shape index (κ2) is 5.38. The summed E-state index contributed by atoms with van der Waals surface area (Å²) in [6, 6.07) is 5.35. The normalized spacial score (nSPS) is 19.4. The van der Waals surface area contributed by atoms with Crippen LogP contribution in [-0.4, -0.2) is 42.1 Å². The molecule has 0 aliphatic carbocycles. The number of methoxy groups -OCH3 is 1. The molecule has 1 aromatic carbocycles. The topological polar surface area (TPSA) is 58.5 Å². The first-order chi connectivity index (χ1) is 9.67. The molecule has 1 N–H and O–H groups in total. The number of aromatic nitrogens is 1. The van der Waals surface area contributed by atoms with Gasteiger partial charge in [-0.25, -0.2) is 0 Å². The largest absolute Gasteiger partial charge is 0.429 e. The number of oxazole rings is 1. The number of amides is 1. The van der Waals surface area contributed by atoms with Gasteiger partial charge >= 0.3 is 0 Å². The van der Waals surface area contributed by atoms with Crippen molar-refractivity contribution in [1.82, 2.24) is 9.88 Å². The van der Waals surface area contributed by atoms with Gasteiger partial charge in [0.05, 0.1) is 11.6 Å². The van der Waals surface area contributed by atoms with Gasteiger partial charge in [0, 0.05) is 25.8 Å². The second-order valence-electron chi connectivity index (χ2n) is 4.98. The number of hydrogen-bond donors (Lipinski definition) is 1. The minimum atomic E-state index is 0.0102. The van der Waals surface area contributed by atoms with E-state index in [9.17, 15) is 4.79 Å². The van der Waals surface area contributed by atoms with Crippen LogP contribution in [-0.2, 0) is 4.74 Å². The van der Waals surface area contributed by atoms with Crippen LogP contribution >= 0.6 is 12.2 Å². The number of hydrogen-bond acceptors (Lipinski definition) is 4. The van der Waals surface area contributed by atoms with E-state index >= 15 is 0 Å². The number of nitrogens with one attached hydrogen (secondary N) is 1. The molecule has 0 spiro atoms. The maximum atomic E-state index is 12.5. The van der Waals surface area contributed by atoms with Crippen LogP contribution in [0.25, 0.3) is 11.1 Å². The third kappa shape index (κ3) is 2.48. The van der Waals surface area contributed by atoms with Gasteiger partial charge in [-0.2, -0.15) is 0 Å². The SMILES string of the molecule is COC1CCCN(C(=O)c2ccc3[nH]c(=S)oc3c2)C1. The summed E-state index contributed by atoms with van der Waals surface area (Å²) in [7, 11) is 1.69. The highest BCUT2D eigenvalue weighted by atomic mass is 32.1. The van der Waals surface area contributed by atoms with E-state index in [2.05, 4.69) is 4.98 Å². The molecule has 2 aromatic rings. The molecule has 106 valence electrons. The fourth-order valence-electron chi connectivity index (χ4n) is 2.58. The van der Waals surface area contributed by atoms with Crippen molar-refractivity contribution in [3.8, 4) is 0 Å². The number of likely N-dealkylation sites (tertiary alicyclic amines) is 1. The number of carbonyl (C=O) groups is 1. The second-order valence-corrected chi connectivity index (χ2v) is 5.35. The fraction of sp³-hybridized carbons (Fsp3) is 0.429. The molecule has 3 rings (SSSR count). The zero-order valence-electron chi connectivity index (χ0n) is 11.2. The number of nitrogens with zero attached hydrogens (tertiary/aromatic N) is 1. The molecule has 0 radical (unpaired) electrons. The van der Waals surface area contributed by atoms with Crippen molar-refractivity contribution >= 4 is 29.2 Å². The number of piperidine rings is 1. The fourth-order valence-corrected chi connectivity index (χ4v) is 2.78. The summed E-state index contributed by atoms with van der Waals surface area (Å²) in [5.74, 6) is 0.0102. The van der Waals surface area contributed by atoms with Crippen molar-refractivity contribution in [3.05, 3.63) is 28.6 Å². The molecule has 6 heteroatoms. The highest BCUT2D eigenvalue weighted by molar-refractivity contribution is 7.71. The molecule has 1 fully saturated rings. The van der Waals surface area contributed by atoms with Crippen LogP contribution in [0.4, 0.5) is 0 Å². The van der Waals surface area contributed by atoms with Crippen LogP contribution in [0.15, 0.2) is 22.6 Å². The van der Waals surface area contributed by atoms with Crippen LogP contribution in [0.3, 0.4) is 0 Å². The number of aromatic amines is 1. The summed E-state index contributed by atoms with van der Waals surface area (Å²) in [6.07, 6.45) is 2.11. The Balaban J connectivity index is 1.86. The van der Waals surface area contributed by atoms with Crippen LogP contribution in [0.2, 0.25) is 0 Å². The Morgan fingerprint density at radius 1 is 1.55 bits per heavy atom. The number of rotatable bonds is 2. The van der Waals surface area contributed by atoms with Crippen molar-refractivity contribution in [2.75, 3.05) is 20.2 Å². The number of benzene rings is 1. The lowest BCUT2D eigenvalue weighted by molar-refractivity contribution is 0.0269. The van der Waals surface area contributed by atoms with Gasteiger partial charge in [0.1, 0.15) is 0 Å². The summed E-state index contributed by atoms with van der Waals surface area (Å²) in [4.78, 5) is 17.6. The lowest BCUT2D eigenvalue weighted by Gasteiger charge is -2.31. The highest BCUT2D eigenvalue weighted by Crippen LogP contribution is 2.19. The molecule has 1 aliphatic heterocycles. The summed E-state index contributed by atoms with van der Waals surface area (Å²) in [5, 5.41) is 0. The molecular weight excluding hydrogens is 276 g/mol. The smallest absolute Gasteiger partial charge is 0.266 e. The monoisotopic (exact) mass is 292 g/mol. The Labute approximate surface area is 121 Å². The van der Waals surface area contributed by atoms with Gasteiger partial charge in [-0.15, -0.1) is 0 Å². The standard InChI is InChI=1S/C14H16N2O3S/c1-18-10-3-2-6-16(8-10)13(17)9-4-5-11-12(7-9)19-14(20)15-11/h4-5,7,10H,2-3,6,8H2,1H3,(H,15,20). The molecule has 1 saturated heterocycles. The predicted octanol–water partition coefficient (Wildman–Crippen LogP) is 2.74. The number of H-pyrrole nitrogens is 1. The number of ether oxygens (including phenoxy) is 1. The Hall–Kier alpha value is -1.66. The Morgan fingerprint density at radius 3 is 3.20 bits per heavy atom. The third-order valence-electron chi connectivity index (χ3n) is 3.67. The molecule has 0 bridgehead atoms. The minimum absolute atomic E-state index is 0.0102. The predicted molar refractivity (Wildman–Crippen MR) is 77.3 cm³/mol. The lowest BCUT2D eigenvalue weighted by atomic mass is 10.1. The minimum Gasteiger partial charge on any atom is -0.429 e. The van der Waals surface area contributed by atoms with Crippen molar-refractivity contribution in [1.29, 1.82) is 0 Å². The van der Waals surface area contributed by atoms with E-state index in [0.29, 0.717) is 22.5 Å². The average molecular weight is 292 g/mol. The van der Waals surface area contributed by atoms with Crippen LogP contribution in [0.1, 0.15) is 23.2 Å². The van der Waals surface area contributed by atoms with E-state index in [1.54, 1.807) is 19.2 Å². The van der Waals surface area contributed by atoms with Crippen molar-refractivity contribution < 1.29 is 13.9 Å². The van der Waals surface area contributed by atoms with Crippen LogP contribution in [0, 0.1) is 4.84 Å². The van der Waals surface area contributed by atoms with Crippen LogP contribution < -0.4 is 0 Å². The van der Waals surface area contributed by atoms with Gasteiger partial charge < -0.3 is 19.0 Å². The molecule has 0 saturated carbocycles. The maximum Gasteiger partial charge on any atom is 0.266 e. The maximum absolute atomic E-state index is 12.5. The Kier molecular flexibility index (Phi) is 3.58. The van der Waals surface area contributed by atoms with E-state index in [1.165, 1.54) is 0 Å². The van der Waals surface area contributed by atoms with E-state index in [0.717, 1.165) is 24.9 Å². The van der Waals surface area contributed by atoms with Crippen molar-refractivity contribution in [2.45, 2.75) is 18.9 Å². The van der Waals surface area contributed by atoms with E-state index < -0.39 is 0 Å². The first kappa shape index (κ1) is 13.3. The number of fused-ring (bicyclic) bond motifs is 1. The van der Waals surface area contributed by atoms with Crippen molar-refractivity contribution in [2.24, 2.45) is 0 Å². The summed E-state index contributed by atoms with van der Waals surface area (Å²) in [6.45, 7) is 1.41. The summed E-state index contributed by atoms with van der Waals surface area (Å²) in [5.41, 5.74) is 2.04. The highest BCUT2D eigenvalue weighted by Gasteiger charge is 2.24. The zero-order valence-corrected chi connectivity index (χ0v) is 12.0. The molecule has 1 aliphatic rings. The number of carbonyl (C=O) groups excluding carboxylic acids is 1. The molecule has 1 atom stereocenters. The molecule has 1 unspecified atom stereocenters. The molecular formula is C14H16N2O3S. The Morgan fingerprint density at radius 2 is 2.40 bits per heavy atom. The molecule has 20 heavy (non-hydrogen) atoms.